The van der Waals surface area contributed by atoms with E-state index in [-0.39, 0.29) is 0 Å². The van der Waals surface area contributed by atoms with Crippen LogP contribution in [0.15, 0.2) is 24.3 Å². The van der Waals surface area contributed by atoms with Crippen LogP contribution in [0.3, 0.4) is 0 Å². The average molecular weight is 286 g/mol. The molecule has 2 heteroatoms. The van der Waals surface area contributed by atoms with E-state index in [9.17, 15) is 0 Å². The zero-order valence-corrected chi connectivity index (χ0v) is 13.9. The van der Waals surface area contributed by atoms with Gasteiger partial charge in [-0.05, 0) is 68.3 Å². The third-order valence-corrected chi connectivity index (χ3v) is 5.63. The summed E-state index contributed by atoms with van der Waals surface area (Å²) >= 11 is 0. The number of benzene rings is 1. The highest BCUT2D eigenvalue weighted by atomic mass is 15.1. The molecule has 1 aliphatic carbocycles. The van der Waals surface area contributed by atoms with Gasteiger partial charge in [0.2, 0.25) is 0 Å². The number of nitrogens with one attached hydrogen (secondary N) is 1. The van der Waals surface area contributed by atoms with Crippen LogP contribution in [0.2, 0.25) is 0 Å². The predicted octanol–water partition coefficient (Wildman–Crippen LogP) is 3.73. The quantitative estimate of drug-likeness (QED) is 0.911. The minimum absolute atomic E-state index is 0.336. The zero-order valence-electron chi connectivity index (χ0n) is 13.9. The summed E-state index contributed by atoms with van der Waals surface area (Å²) in [6, 6.07) is 9.74. The lowest BCUT2D eigenvalue weighted by Crippen LogP contribution is -2.39. The standard InChI is InChI=1S/C19H30N2/c1-19(2)11-8-18(16-6-4-5-7-17(16)19)21(3)14-15-9-12-20-13-10-15/h4-7,15,18,20H,8-14H2,1-3H3. The summed E-state index contributed by atoms with van der Waals surface area (Å²) < 4.78 is 0. The molecule has 1 atom stereocenters. The lowest BCUT2D eigenvalue weighted by molar-refractivity contribution is 0.160. The molecule has 2 aliphatic rings. The van der Waals surface area contributed by atoms with Gasteiger partial charge >= 0.3 is 0 Å². The maximum atomic E-state index is 3.48. The second-order valence-corrected chi connectivity index (χ2v) is 7.66. The van der Waals surface area contributed by atoms with Crippen LogP contribution >= 0.6 is 0 Å². The van der Waals surface area contributed by atoms with Gasteiger partial charge in [0.05, 0.1) is 0 Å². The summed E-state index contributed by atoms with van der Waals surface area (Å²) in [7, 11) is 2.34. The molecule has 1 unspecified atom stereocenters. The van der Waals surface area contributed by atoms with Gasteiger partial charge < -0.3 is 5.32 Å². The molecule has 1 aliphatic heterocycles. The third-order valence-electron chi connectivity index (χ3n) is 5.63. The summed E-state index contributed by atoms with van der Waals surface area (Å²) in [5, 5.41) is 3.48. The molecular weight excluding hydrogens is 256 g/mol. The maximum Gasteiger partial charge on any atom is 0.0348 e. The van der Waals surface area contributed by atoms with Crippen molar-refractivity contribution in [2.75, 3.05) is 26.7 Å². The molecule has 0 radical (unpaired) electrons. The molecule has 1 aromatic carbocycles. The highest BCUT2D eigenvalue weighted by Crippen LogP contribution is 2.43. The number of hydrogen-bond acceptors (Lipinski definition) is 2. The van der Waals surface area contributed by atoms with Crippen molar-refractivity contribution in [3.63, 3.8) is 0 Å². The van der Waals surface area contributed by atoms with Crippen LogP contribution < -0.4 is 5.32 Å². The summed E-state index contributed by atoms with van der Waals surface area (Å²) in [4.78, 5) is 2.63. The SMILES string of the molecule is CN(CC1CCNCC1)C1CCC(C)(C)c2ccccc21. The van der Waals surface area contributed by atoms with Gasteiger partial charge in [-0.3, -0.25) is 4.90 Å². The summed E-state index contributed by atoms with van der Waals surface area (Å²) in [5.74, 6) is 0.873. The second kappa shape index (κ2) is 6.10. The molecule has 3 rings (SSSR count). The summed E-state index contributed by atoms with van der Waals surface area (Å²) in [6.07, 6.45) is 5.27. The van der Waals surface area contributed by atoms with Crippen molar-refractivity contribution in [3.05, 3.63) is 35.4 Å². The molecule has 1 N–H and O–H groups in total. The fourth-order valence-corrected chi connectivity index (χ4v) is 4.25. The van der Waals surface area contributed by atoms with Crippen LogP contribution in [0.1, 0.15) is 56.7 Å². The number of hydrogen-bond donors (Lipinski definition) is 1. The largest absolute Gasteiger partial charge is 0.317 e. The van der Waals surface area contributed by atoms with Crippen LogP contribution in [-0.2, 0) is 5.41 Å². The number of rotatable bonds is 3. The Labute approximate surface area is 129 Å². The van der Waals surface area contributed by atoms with E-state index >= 15 is 0 Å². The molecule has 116 valence electrons. The van der Waals surface area contributed by atoms with Crippen LogP contribution in [0.4, 0.5) is 0 Å². The van der Waals surface area contributed by atoms with E-state index in [1.54, 1.807) is 11.1 Å². The minimum Gasteiger partial charge on any atom is -0.317 e. The van der Waals surface area contributed by atoms with E-state index in [1.807, 2.05) is 0 Å². The van der Waals surface area contributed by atoms with Crippen LogP contribution in [0.25, 0.3) is 0 Å². The highest BCUT2D eigenvalue weighted by molar-refractivity contribution is 5.38. The molecule has 2 nitrogen and oxygen atoms in total. The van der Waals surface area contributed by atoms with Crippen molar-refractivity contribution in [2.45, 2.75) is 51.0 Å². The van der Waals surface area contributed by atoms with E-state index in [2.05, 4.69) is 55.4 Å². The predicted molar refractivity (Wildman–Crippen MR) is 89.7 cm³/mol. The second-order valence-electron chi connectivity index (χ2n) is 7.66. The lowest BCUT2D eigenvalue weighted by Gasteiger charge is -2.42. The van der Waals surface area contributed by atoms with Gasteiger partial charge in [-0.25, -0.2) is 0 Å². The summed E-state index contributed by atoms with van der Waals surface area (Å²) in [6.45, 7) is 8.45. The van der Waals surface area contributed by atoms with Gasteiger partial charge in [0.1, 0.15) is 0 Å². The molecule has 0 aromatic heterocycles. The molecule has 1 fully saturated rings. The van der Waals surface area contributed by atoms with Crippen molar-refractivity contribution in [1.29, 1.82) is 0 Å². The Morgan fingerprint density at radius 1 is 1.14 bits per heavy atom. The first-order valence-electron chi connectivity index (χ1n) is 8.58. The van der Waals surface area contributed by atoms with Gasteiger partial charge in [0, 0.05) is 12.6 Å². The molecule has 1 heterocycles. The Hall–Kier alpha value is -0.860. The lowest BCUT2D eigenvalue weighted by atomic mass is 9.70. The monoisotopic (exact) mass is 286 g/mol. The van der Waals surface area contributed by atoms with Crippen LogP contribution in [0.5, 0.6) is 0 Å². The molecule has 21 heavy (non-hydrogen) atoms. The summed E-state index contributed by atoms with van der Waals surface area (Å²) in [5.41, 5.74) is 3.48. The average Bonchev–Trinajstić information content (AvgIpc) is 2.48. The normalized spacial score (nSPS) is 25.8. The van der Waals surface area contributed by atoms with E-state index in [4.69, 9.17) is 0 Å². The molecule has 1 saturated heterocycles. The van der Waals surface area contributed by atoms with Gasteiger partial charge in [-0.2, -0.15) is 0 Å². The first kappa shape index (κ1) is 15.1. The fraction of sp³-hybridized carbons (Fsp3) is 0.684. The van der Waals surface area contributed by atoms with Crippen molar-refractivity contribution >= 4 is 0 Å². The van der Waals surface area contributed by atoms with Gasteiger partial charge in [0.15, 0.2) is 0 Å². The van der Waals surface area contributed by atoms with E-state index in [0.717, 1.165) is 5.92 Å². The topological polar surface area (TPSA) is 15.3 Å². The molecule has 0 saturated carbocycles. The van der Waals surface area contributed by atoms with Crippen LogP contribution in [0, 0.1) is 5.92 Å². The Balaban J connectivity index is 1.76. The molecule has 0 spiro atoms. The van der Waals surface area contributed by atoms with E-state index < -0.39 is 0 Å². The van der Waals surface area contributed by atoms with Crippen molar-refractivity contribution in [1.82, 2.24) is 10.2 Å². The Bertz CT molecular complexity index is 474. The van der Waals surface area contributed by atoms with Crippen molar-refractivity contribution in [2.24, 2.45) is 5.92 Å². The van der Waals surface area contributed by atoms with Crippen LogP contribution in [-0.4, -0.2) is 31.6 Å². The number of nitrogens with zero attached hydrogens (tertiary/aromatic N) is 1. The number of piperidine rings is 1. The smallest absolute Gasteiger partial charge is 0.0348 e. The third kappa shape index (κ3) is 3.17. The zero-order chi connectivity index (χ0) is 14.9. The Kier molecular flexibility index (Phi) is 4.37. The Morgan fingerprint density at radius 3 is 2.62 bits per heavy atom. The highest BCUT2D eigenvalue weighted by Gasteiger charge is 2.34. The Morgan fingerprint density at radius 2 is 1.86 bits per heavy atom. The first-order chi connectivity index (χ1) is 10.1. The van der Waals surface area contributed by atoms with E-state index in [0.29, 0.717) is 11.5 Å². The number of fused-ring (bicyclic) bond motifs is 1. The fourth-order valence-electron chi connectivity index (χ4n) is 4.25. The van der Waals surface area contributed by atoms with Crippen molar-refractivity contribution < 1.29 is 0 Å². The van der Waals surface area contributed by atoms with Gasteiger partial charge in [0.25, 0.3) is 0 Å². The molecular formula is C19H30N2. The van der Waals surface area contributed by atoms with E-state index in [1.165, 1.54) is 45.3 Å². The van der Waals surface area contributed by atoms with Gasteiger partial charge in [-0.15, -0.1) is 0 Å². The molecule has 0 bridgehead atoms. The first-order valence-corrected chi connectivity index (χ1v) is 8.58. The van der Waals surface area contributed by atoms with Crippen molar-refractivity contribution in [3.8, 4) is 0 Å². The molecule has 1 aromatic rings. The molecule has 0 amide bonds. The maximum absolute atomic E-state index is 3.48. The van der Waals surface area contributed by atoms with Gasteiger partial charge in [-0.1, -0.05) is 38.1 Å². The minimum atomic E-state index is 0.336.